The fourth-order valence-corrected chi connectivity index (χ4v) is 5.15. The zero-order chi connectivity index (χ0) is 31.4. The lowest BCUT2D eigenvalue weighted by atomic mass is 10.0. The molecule has 0 radical (unpaired) electrons. The zero-order valence-corrected chi connectivity index (χ0v) is 26.1. The molecule has 11 heteroatoms. The number of aromatic amines is 1. The van der Waals surface area contributed by atoms with Crippen molar-refractivity contribution in [3.63, 3.8) is 0 Å². The monoisotopic (exact) mass is 673 g/mol. The first-order valence-corrected chi connectivity index (χ1v) is 14.4. The third-order valence-electron chi connectivity index (χ3n) is 6.52. The Morgan fingerprint density at radius 3 is 2.45 bits per heavy atom. The fraction of sp³-hybridized carbons (Fsp3) is 0.0909. The molecule has 0 aliphatic carbocycles. The molecule has 0 bridgehead atoms. The van der Waals surface area contributed by atoms with E-state index in [1.54, 1.807) is 24.3 Å². The molecule has 1 amide bonds. The fourth-order valence-electron chi connectivity index (χ4n) is 4.54. The number of hydrazone groups is 1. The molecule has 1 heterocycles. The van der Waals surface area contributed by atoms with Crippen LogP contribution in [0.1, 0.15) is 38.9 Å². The van der Waals surface area contributed by atoms with Gasteiger partial charge in [0.05, 0.1) is 18.9 Å². The van der Waals surface area contributed by atoms with Crippen molar-refractivity contribution < 1.29 is 28.6 Å². The number of fused-ring (bicyclic) bond motifs is 1. The van der Waals surface area contributed by atoms with Crippen molar-refractivity contribution in [2.45, 2.75) is 13.8 Å². The van der Waals surface area contributed by atoms with Gasteiger partial charge in [-0.15, -0.1) is 0 Å². The number of esters is 2. The van der Waals surface area contributed by atoms with Crippen molar-refractivity contribution in [3.8, 4) is 28.4 Å². The minimum absolute atomic E-state index is 0.165. The van der Waals surface area contributed by atoms with Crippen LogP contribution < -0.4 is 19.6 Å². The highest BCUT2D eigenvalue weighted by molar-refractivity contribution is 9.10. The third-order valence-corrected chi connectivity index (χ3v) is 7.34. The Morgan fingerprint density at radius 2 is 1.70 bits per heavy atom. The number of ether oxygens (including phenoxy) is 3. The Labute approximate surface area is 265 Å². The molecule has 4 aromatic carbocycles. The van der Waals surface area contributed by atoms with Crippen molar-refractivity contribution in [1.82, 2.24) is 10.4 Å². The third kappa shape index (κ3) is 6.66. The van der Waals surface area contributed by atoms with Gasteiger partial charge in [-0.3, -0.25) is 9.59 Å². The van der Waals surface area contributed by atoms with Crippen molar-refractivity contribution in [2.75, 3.05) is 7.11 Å². The predicted molar refractivity (Wildman–Crippen MR) is 172 cm³/mol. The second-order valence-electron chi connectivity index (χ2n) is 9.63. The Hall–Kier alpha value is -4.93. The summed E-state index contributed by atoms with van der Waals surface area (Å²) in [6.07, 6.45) is 1.37. The van der Waals surface area contributed by atoms with Crippen LogP contribution in [0.4, 0.5) is 0 Å². The first kappa shape index (κ1) is 30.5. The van der Waals surface area contributed by atoms with Crippen molar-refractivity contribution in [3.05, 3.63) is 111 Å². The zero-order valence-electron chi connectivity index (χ0n) is 23.7. The lowest BCUT2D eigenvalue weighted by Crippen LogP contribution is -2.19. The lowest BCUT2D eigenvalue weighted by molar-refractivity contribution is -0.132. The first-order valence-electron chi connectivity index (χ1n) is 13.2. The maximum atomic E-state index is 13.4. The summed E-state index contributed by atoms with van der Waals surface area (Å²) in [7, 11) is 1.39. The number of nitrogens with zero attached hydrogens (tertiary/aromatic N) is 1. The van der Waals surface area contributed by atoms with Crippen molar-refractivity contribution in [2.24, 2.45) is 5.10 Å². The van der Waals surface area contributed by atoms with Crippen LogP contribution in [0, 0.1) is 6.92 Å². The number of amides is 1. The summed E-state index contributed by atoms with van der Waals surface area (Å²) in [5.74, 6) is -1.14. The van der Waals surface area contributed by atoms with Crippen LogP contribution in [0.3, 0.4) is 0 Å². The second-order valence-corrected chi connectivity index (χ2v) is 11.0. The molecule has 222 valence electrons. The summed E-state index contributed by atoms with van der Waals surface area (Å²) >= 11 is 9.95. The van der Waals surface area contributed by atoms with Crippen LogP contribution >= 0.6 is 27.5 Å². The van der Waals surface area contributed by atoms with E-state index in [0.29, 0.717) is 31.9 Å². The number of benzene rings is 4. The molecule has 0 saturated carbocycles. The highest BCUT2D eigenvalue weighted by atomic mass is 79.9. The highest BCUT2D eigenvalue weighted by Gasteiger charge is 2.21. The Morgan fingerprint density at radius 1 is 0.932 bits per heavy atom. The van der Waals surface area contributed by atoms with Gasteiger partial charge < -0.3 is 19.2 Å². The van der Waals surface area contributed by atoms with Crippen LogP contribution in [-0.4, -0.2) is 36.2 Å². The van der Waals surface area contributed by atoms with Gasteiger partial charge in [0.2, 0.25) is 0 Å². The number of aryl methyl sites for hydroxylation is 1. The molecule has 5 rings (SSSR count). The van der Waals surface area contributed by atoms with E-state index in [9.17, 15) is 14.4 Å². The number of carbonyl (C=O) groups is 3. The molecule has 0 atom stereocenters. The predicted octanol–water partition coefficient (Wildman–Crippen LogP) is 7.48. The van der Waals surface area contributed by atoms with Gasteiger partial charge in [0.1, 0.15) is 11.4 Å². The SMILES string of the molecule is COc1cc(C(=O)Oc2ccc(Br)cc2C=NNC(=O)c2[nH]c3ccc(C)cc3c2-c2ccccc2Cl)ccc1OC(C)=O. The van der Waals surface area contributed by atoms with Gasteiger partial charge in [-0.2, -0.15) is 5.10 Å². The quantitative estimate of drug-likeness (QED) is 0.0763. The molecular formula is C33H25BrClN3O6. The summed E-state index contributed by atoms with van der Waals surface area (Å²) in [6, 6.07) is 22.4. The molecule has 2 N–H and O–H groups in total. The molecule has 1 aromatic heterocycles. The highest BCUT2D eigenvalue weighted by Crippen LogP contribution is 2.37. The number of aromatic nitrogens is 1. The van der Waals surface area contributed by atoms with Gasteiger partial charge >= 0.3 is 11.9 Å². The van der Waals surface area contributed by atoms with Crippen molar-refractivity contribution >= 4 is 62.5 Å². The molecule has 9 nitrogen and oxygen atoms in total. The number of methoxy groups -OCH3 is 1. The molecule has 0 aliphatic heterocycles. The Balaban J connectivity index is 1.40. The topological polar surface area (TPSA) is 119 Å². The van der Waals surface area contributed by atoms with Crippen LogP contribution in [0.15, 0.2) is 88.4 Å². The van der Waals surface area contributed by atoms with Crippen LogP contribution in [0.5, 0.6) is 17.2 Å². The molecule has 5 aromatic rings. The van der Waals surface area contributed by atoms with E-state index in [0.717, 1.165) is 16.5 Å². The maximum Gasteiger partial charge on any atom is 0.343 e. The van der Waals surface area contributed by atoms with Gasteiger partial charge in [-0.1, -0.05) is 57.4 Å². The maximum absolute atomic E-state index is 13.4. The van der Waals surface area contributed by atoms with Gasteiger partial charge in [0.15, 0.2) is 11.5 Å². The number of hydrogen-bond donors (Lipinski definition) is 2. The molecule has 0 unspecified atom stereocenters. The van der Waals surface area contributed by atoms with Gasteiger partial charge in [0, 0.05) is 44.0 Å². The van der Waals surface area contributed by atoms with E-state index in [-0.39, 0.29) is 22.8 Å². The number of hydrogen-bond acceptors (Lipinski definition) is 7. The van der Waals surface area contributed by atoms with Gasteiger partial charge in [-0.05, 0) is 61.5 Å². The summed E-state index contributed by atoms with van der Waals surface area (Å²) < 4.78 is 16.7. The number of rotatable bonds is 8. The van der Waals surface area contributed by atoms with Crippen molar-refractivity contribution in [1.29, 1.82) is 0 Å². The van der Waals surface area contributed by atoms with E-state index >= 15 is 0 Å². The lowest BCUT2D eigenvalue weighted by Gasteiger charge is -2.11. The average Bonchev–Trinajstić information content (AvgIpc) is 3.37. The second kappa shape index (κ2) is 13.2. The summed E-state index contributed by atoms with van der Waals surface area (Å²) in [5.41, 5.74) is 6.61. The summed E-state index contributed by atoms with van der Waals surface area (Å²) in [6.45, 7) is 3.24. The molecule has 0 aliphatic rings. The standard InChI is InChI=1S/C33H25BrClN3O6/c1-18-8-11-26-24(14-18)30(23-6-4-5-7-25(23)35)31(37-26)32(40)38-36-17-21-15-22(34)10-13-27(21)44-33(41)20-9-12-28(43-19(2)39)29(16-20)42-3/h4-17,37H,1-3H3,(H,38,40). The molecule has 0 fully saturated rings. The summed E-state index contributed by atoms with van der Waals surface area (Å²) in [5, 5.41) is 5.51. The number of H-pyrrole nitrogens is 1. The van der Waals surface area contributed by atoms with E-state index in [1.165, 1.54) is 38.4 Å². The molecule has 0 spiro atoms. The average molecular weight is 675 g/mol. The number of halogens is 2. The van der Waals surface area contributed by atoms with Crippen LogP contribution in [0.25, 0.3) is 22.0 Å². The van der Waals surface area contributed by atoms with Gasteiger partial charge in [-0.25, -0.2) is 10.2 Å². The smallest absolute Gasteiger partial charge is 0.343 e. The van der Waals surface area contributed by atoms with Gasteiger partial charge in [0.25, 0.3) is 5.91 Å². The molecule has 44 heavy (non-hydrogen) atoms. The Kier molecular flexibility index (Phi) is 9.12. The molecular weight excluding hydrogens is 650 g/mol. The summed E-state index contributed by atoms with van der Waals surface area (Å²) in [4.78, 5) is 41.0. The minimum atomic E-state index is -0.684. The van der Waals surface area contributed by atoms with E-state index < -0.39 is 17.8 Å². The van der Waals surface area contributed by atoms with Crippen LogP contribution in [-0.2, 0) is 4.79 Å². The Bertz CT molecular complexity index is 1950. The van der Waals surface area contributed by atoms with E-state index in [1.807, 2.05) is 43.3 Å². The largest absolute Gasteiger partial charge is 0.493 e. The molecule has 0 saturated heterocycles. The van der Waals surface area contributed by atoms with E-state index in [4.69, 9.17) is 25.8 Å². The van der Waals surface area contributed by atoms with E-state index in [2.05, 4.69) is 31.4 Å². The normalized spacial score (nSPS) is 11.0. The first-order chi connectivity index (χ1) is 21.1. The number of nitrogens with one attached hydrogen (secondary N) is 2. The minimum Gasteiger partial charge on any atom is -0.493 e. The van der Waals surface area contributed by atoms with Crippen LogP contribution in [0.2, 0.25) is 5.02 Å². The number of carbonyl (C=O) groups excluding carboxylic acids is 3.